The van der Waals surface area contributed by atoms with Gasteiger partial charge in [-0.05, 0) is 36.5 Å². The number of hydrogen-bond acceptors (Lipinski definition) is 4. The number of phenolic OH excluding ortho intramolecular Hbond substituents is 1. The van der Waals surface area contributed by atoms with Gasteiger partial charge in [-0.25, -0.2) is 4.39 Å². The molecule has 1 rings (SSSR count). The van der Waals surface area contributed by atoms with E-state index in [9.17, 15) is 14.3 Å². The molecule has 1 unspecified atom stereocenters. The fourth-order valence-electron chi connectivity index (χ4n) is 1.81. The molecule has 0 saturated heterocycles. The fourth-order valence-corrected chi connectivity index (χ4v) is 2.33. The van der Waals surface area contributed by atoms with Crippen LogP contribution in [0.25, 0.3) is 0 Å². The Labute approximate surface area is 122 Å². The van der Waals surface area contributed by atoms with E-state index in [2.05, 4.69) is 5.32 Å². The topological polar surface area (TPSA) is 75.3 Å². The van der Waals surface area contributed by atoms with Crippen molar-refractivity contribution in [2.45, 2.75) is 25.3 Å². The normalized spacial score (nSPS) is 12.1. The molecule has 0 radical (unpaired) electrons. The lowest BCUT2D eigenvalue weighted by molar-refractivity contribution is -0.121. The SMILES string of the molecule is CSCCC(CF)NC(=O)CCc1ccc(O)cc1N. The Bertz CT molecular complexity index is 443. The zero-order valence-electron chi connectivity index (χ0n) is 11.6. The monoisotopic (exact) mass is 300 g/mol. The number of nitrogens with two attached hydrogens (primary N) is 1. The summed E-state index contributed by atoms with van der Waals surface area (Å²) in [5, 5.41) is 11.9. The van der Waals surface area contributed by atoms with Crippen LogP contribution in [0, 0.1) is 0 Å². The number of phenols is 1. The van der Waals surface area contributed by atoms with Gasteiger partial charge in [0.05, 0.1) is 6.04 Å². The number of benzene rings is 1. The highest BCUT2D eigenvalue weighted by molar-refractivity contribution is 7.98. The van der Waals surface area contributed by atoms with Crippen molar-refractivity contribution in [3.63, 3.8) is 0 Å². The number of alkyl halides is 1. The third-order valence-corrected chi connectivity index (χ3v) is 3.62. The zero-order valence-corrected chi connectivity index (χ0v) is 12.4. The van der Waals surface area contributed by atoms with Crippen LogP contribution in [-0.4, -0.2) is 35.7 Å². The van der Waals surface area contributed by atoms with Crippen LogP contribution in [0.15, 0.2) is 18.2 Å². The van der Waals surface area contributed by atoms with Gasteiger partial charge in [0.25, 0.3) is 0 Å². The van der Waals surface area contributed by atoms with Gasteiger partial charge in [0.15, 0.2) is 0 Å². The van der Waals surface area contributed by atoms with Crippen molar-refractivity contribution >= 4 is 23.4 Å². The third kappa shape index (κ3) is 5.69. The van der Waals surface area contributed by atoms with Crippen molar-refractivity contribution in [2.75, 3.05) is 24.4 Å². The number of rotatable bonds is 8. The van der Waals surface area contributed by atoms with Gasteiger partial charge in [-0.15, -0.1) is 0 Å². The van der Waals surface area contributed by atoms with E-state index in [1.807, 2.05) is 6.26 Å². The first kappa shape index (κ1) is 16.6. The highest BCUT2D eigenvalue weighted by Gasteiger charge is 2.12. The molecule has 0 heterocycles. The fraction of sp³-hybridized carbons (Fsp3) is 0.500. The second-order valence-electron chi connectivity index (χ2n) is 4.58. The molecule has 1 atom stereocenters. The molecule has 0 aromatic heterocycles. The predicted molar refractivity (Wildman–Crippen MR) is 81.7 cm³/mol. The first-order chi connectivity index (χ1) is 9.56. The van der Waals surface area contributed by atoms with Crippen molar-refractivity contribution in [1.82, 2.24) is 5.32 Å². The van der Waals surface area contributed by atoms with E-state index in [4.69, 9.17) is 5.73 Å². The summed E-state index contributed by atoms with van der Waals surface area (Å²) in [7, 11) is 0. The van der Waals surface area contributed by atoms with Crippen molar-refractivity contribution < 1.29 is 14.3 Å². The highest BCUT2D eigenvalue weighted by Crippen LogP contribution is 2.19. The molecule has 1 amide bonds. The number of anilines is 1. The van der Waals surface area contributed by atoms with Crippen molar-refractivity contribution in [2.24, 2.45) is 0 Å². The van der Waals surface area contributed by atoms with Crippen LogP contribution in [-0.2, 0) is 11.2 Å². The number of carbonyl (C=O) groups is 1. The first-order valence-electron chi connectivity index (χ1n) is 6.48. The van der Waals surface area contributed by atoms with Gasteiger partial charge < -0.3 is 16.2 Å². The van der Waals surface area contributed by atoms with Crippen LogP contribution in [0.1, 0.15) is 18.4 Å². The number of carbonyl (C=O) groups excluding carboxylic acids is 1. The average Bonchev–Trinajstić information content (AvgIpc) is 2.42. The Balaban J connectivity index is 2.42. The van der Waals surface area contributed by atoms with Crippen LogP contribution < -0.4 is 11.1 Å². The summed E-state index contributed by atoms with van der Waals surface area (Å²) >= 11 is 1.63. The largest absolute Gasteiger partial charge is 0.508 e. The number of thioether (sulfide) groups is 1. The second-order valence-corrected chi connectivity index (χ2v) is 5.57. The molecule has 0 bridgehead atoms. The molecule has 112 valence electrons. The summed E-state index contributed by atoms with van der Waals surface area (Å²) in [5.74, 6) is 0.742. The lowest BCUT2D eigenvalue weighted by Crippen LogP contribution is -2.37. The molecule has 0 aliphatic carbocycles. The minimum Gasteiger partial charge on any atom is -0.508 e. The lowest BCUT2D eigenvalue weighted by atomic mass is 10.1. The highest BCUT2D eigenvalue weighted by atomic mass is 32.2. The summed E-state index contributed by atoms with van der Waals surface area (Å²) in [5.41, 5.74) is 7.01. The predicted octanol–water partition coefficient (Wildman–Crippen LogP) is 2.11. The summed E-state index contributed by atoms with van der Waals surface area (Å²) in [6.07, 6.45) is 3.31. The molecular formula is C14H21FN2O2S. The van der Waals surface area contributed by atoms with E-state index >= 15 is 0 Å². The Kier molecular flexibility index (Phi) is 7.22. The number of hydrogen-bond donors (Lipinski definition) is 3. The molecule has 0 spiro atoms. The Morgan fingerprint density at radius 3 is 2.90 bits per heavy atom. The van der Waals surface area contributed by atoms with Gasteiger partial charge in [-0.2, -0.15) is 11.8 Å². The smallest absolute Gasteiger partial charge is 0.220 e. The number of amides is 1. The van der Waals surface area contributed by atoms with Crippen LogP contribution in [0.4, 0.5) is 10.1 Å². The van der Waals surface area contributed by atoms with Crippen molar-refractivity contribution in [3.8, 4) is 5.75 Å². The molecular weight excluding hydrogens is 279 g/mol. The van der Waals surface area contributed by atoms with Gasteiger partial charge in [-0.1, -0.05) is 6.07 Å². The van der Waals surface area contributed by atoms with E-state index < -0.39 is 12.7 Å². The van der Waals surface area contributed by atoms with Gasteiger partial charge in [0, 0.05) is 18.2 Å². The molecule has 20 heavy (non-hydrogen) atoms. The quantitative estimate of drug-likeness (QED) is 0.643. The molecule has 4 N–H and O–H groups in total. The Morgan fingerprint density at radius 2 is 2.30 bits per heavy atom. The Hall–Kier alpha value is -1.43. The maximum Gasteiger partial charge on any atom is 0.220 e. The lowest BCUT2D eigenvalue weighted by Gasteiger charge is -2.15. The van der Waals surface area contributed by atoms with E-state index in [1.165, 1.54) is 12.1 Å². The minimum absolute atomic E-state index is 0.102. The molecule has 0 saturated carbocycles. The number of aryl methyl sites for hydroxylation is 1. The number of aromatic hydroxyl groups is 1. The average molecular weight is 300 g/mol. The molecule has 1 aromatic rings. The molecule has 4 nitrogen and oxygen atoms in total. The maximum absolute atomic E-state index is 12.7. The molecule has 0 aliphatic heterocycles. The number of nitrogens with one attached hydrogen (secondary N) is 1. The second kappa shape index (κ2) is 8.68. The minimum atomic E-state index is -0.548. The van der Waals surface area contributed by atoms with Crippen LogP contribution >= 0.6 is 11.8 Å². The van der Waals surface area contributed by atoms with E-state index in [-0.39, 0.29) is 18.1 Å². The van der Waals surface area contributed by atoms with Crippen molar-refractivity contribution in [3.05, 3.63) is 23.8 Å². The summed E-state index contributed by atoms with van der Waals surface area (Å²) in [4.78, 5) is 11.8. The summed E-state index contributed by atoms with van der Waals surface area (Å²) in [6.45, 7) is -0.548. The van der Waals surface area contributed by atoms with Crippen LogP contribution in [0.5, 0.6) is 5.75 Å². The third-order valence-electron chi connectivity index (χ3n) is 2.97. The van der Waals surface area contributed by atoms with Crippen LogP contribution in [0.3, 0.4) is 0 Å². The van der Waals surface area contributed by atoms with Gasteiger partial charge >= 0.3 is 0 Å². The number of halogens is 1. The molecule has 0 fully saturated rings. The zero-order chi connectivity index (χ0) is 15.0. The molecule has 1 aromatic carbocycles. The van der Waals surface area contributed by atoms with Crippen molar-refractivity contribution in [1.29, 1.82) is 0 Å². The maximum atomic E-state index is 12.7. The number of nitrogen functional groups attached to an aromatic ring is 1. The first-order valence-corrected chi connectivity index (χ1v) is 7.87. The van der Waals surface area contributed by atoms with E-state index in [0.29, 0.717) is 18.5 Å². The van der Waals surface area contributed by atoms with E-state index in [0.717, 1.165) is 11.3 Å². The Morgan fingerprint density at radius 1 is 1.55 bits per heavy atom. The van der Waals surface area contributed by atoms with E-state index in [1.54, 1.807) is 17.8 Å². The summed E-state index contributed by atoms with van der Waals surface area (Å²) < 4.78 is 12.7. The molecule has 6 heteroatoms. The van der Waals surface area contributed by atoms with Gasteiger partial charge in [0.2, 0.25) is 5.91 Å². The van der Waals surface area contributed by atoms with Gasteiger partial charge in [-0.3, -0.25) is 4.79 Å². The molecule has 0 aliphatic rings. The summed E-state index contributed by atoms with van der Waals surface area (Å²) in [6, 6.07) is 4.27. The standard InChI is InChI=1S/C14H21FN2O2S/c1-20-7-6-11(9-15)17-14(19)5-3-10-2-4-12(18)8-13(10)16/h2,4,8,11,18H,3,5-7,9,16H2,1H3,(H,17,19). The van der Waals surface area contributed by atoms with Crippen LogP contribution in [0.2, 0.25) is 0 Å². The van der Waals surface area contributed by atoms with Gasteiger partial charge in [0.1, 0.15) is 12.4 Å².